The molecule has 0 aromatic heterocycles. The second-order valence-electron chi connectivity index (χ2n) is 4.39. The fraction of sp³-hybridized carbons (Fsp3) is 0. The van der Waals surface area contributed by atoms with Gasteiger partial charge in [0.2, 0.25) is 0 Å². The maximum atomic E-state index is 2.40. The molecule has 0 bridgehead atoms. The van der Waals surface area contributed by atoms with Crippen molar-refractivity contribution in [3.05, 3.63) is 82.4 Å². The van der Waals surface area contributed by atoms with Crippen molar-refractivity contribution in [3.63, 3.8) is 0 Å². The first-order valence-electron chi connectivity index (χ1n) is 6.41. The summed E-state index contributed by atoms with van der Waals surface area (Å²) >= 11 is 4.22. The van der Waals surface area contributed by atoms with Gasteiger partial charge in [-0.15, -0.1) is 0 Å². The average molecular weight is 388 g/mol. The van der Waals surface area contributed by atoms with E-state index in [-0.39, 0.29) is 0 Å². The molecule has 0 heterocycles. The first-order valence-corrected chi connectivity index (χ1v) is 8.31. The minimum atomic E-state index is 1.27. The van der Waals surface area contributed by atoms with Crippen LogP contribution in [0.25, 0.3) is 11.1 Å². The minimum Gasteiger partial charge on any atom is -0.0895 e. The lowest BCUT2D eigenvalue weighted by atomic mass is 10.1. The molecule has 3 rings (SSSR count). The molecular weight excluding hydrogens is 375 g/mol. The van der Waals surface area contributed by atoms with Gasteiger partial charge in [-0.3, -0.25) is 0 Å². The Morgan fingerprint density at radius 1 is 0.600 bits per heavy atom. The third-order valence-electron chi connectivity index (χ3n) is 3.02. The maximum Gasteiger partial charge on any atom is 0.0209 e. The normalized spacial score (nSPS) is 10.4. The van der Waals surface area contributed by atoms with E-state index < -0.39 is 0 Å². The summed E-state index contributed by atoms with van der Waals surface area (Å²) in [6, 6.07) is 27.6. The van der Waals surface area contributed by atoms with Crippen LogP contribution in [0.4, 0.5) is 0 Å². The van der Waals surface area contributed by atoms with Gasteiger partial charge in [-0.2, -0.15) is 0 Å². The van der Waals surface area contributed by atoms with Crippen LogP contribution in [0.3, 0.4) is 0 Å². The van der Waals surface area contributed by atoms with Crippen LogP contribution < -0.4 is 0 Å². The van der Waals surface area contributed by atoms with Gasteiger partial charge in [0.15, 0.2) is 0 Å². The Labute approximate surface area is 137 Å². The number of hydrogen-bond acceptors (Lipinski definition) is 1. The van der Waals surface area contributed by atoms with Crippen LogP contribution in [-0.4, -0.2) is 0 Å². The van der Waals surface area contributed by atoms with Crippen LogP contribution >= 0.6 is 34.4 Å². The van der Waals surface area contributed by atoms with Gasteiger partial charge in [-0.1, -0.05) is 66.4 Å². The van der Waals surface area contributed by atoms with Gasteiger partial charge in [0.05, 0.1) is 0 Å². The van der Waals surface area contributed by atoms with Crippen molar-refractivity contribution in [2.45, 2.75) is 9.79 Å². The van der Waals surface area contributed by atoms with Gasteiger partial charge in [0, 0.05) is 13.4 Å². The summed E-state index contributed by atoms with van der Waals surface area (Å²) in [5, 5.41) is 0. The Bertz CT molecular complexity index is 707. The summed E-state index contributed by atoms with van der Waals surface area (Å²) in [4.78, 5) is 2.56. The lowest BCUT2D eigenvalue weighted by Crippen LogP contribution is -1.85. The molecule has 0 fully saturated rings. The summed E-state index contributed by atoms with van der Waals surface area (Å²) in [6.07, 6.45) is 0. The summed E-state index contributed by atoms with van der Waals surface area (Å²) in [5.41, 5.74) is 2.60. The molecule has 0 radical (unpaired) electrons. The van der Waals surface area contributed by atoms with E-state index in [9.17, 15) is 0 Å². The summed E-state index contributed by atoms with van der Waals surface area (Å²) in [5.74, 6) is 0. The Hall–Kier alpha value is -1.26. The zero-order chi connectivity index (χ0) is 13.8. The topological polar surface area (TPSA) is 0 Å². The molecular formula is C18H13IS. The number of benzene rings is 3. The van der Waals surface area contributed by atoms with Crippen molar-refractivity contribution in [3.8, 4) is 11.1 Å². The van der Waals surface area contributed by atoms with E-state index in [4.69, 9.17) is 0 Å². The van der Waals surface area contributed by atoms with Crippen LogP contribution in [-0.2, 0) is 0 Å². The van der Waals surface area contributed by atoms with Crippen molar-refractivity contribution < 1.29 is 0 Å². The Morgan fingerprint density at radius 3 is 1.95 bits per heavy atom. The first-order chi connectivity index (χ1) is 9.84. The zero-order valence-corrected chi connectivity index (χ0v) is 13.8. The lowest BCUT2D eigenvalue weighted by molar-refractivity contribution is 1.39. The highest BCUT2D eigenvalue weighted by Crippen LogP contribution is 2.37. The number of hydrogen-bond donors (Lipinski definition) is 0. The standard InChI is InChI=1S/C18H13IS/c19-17-12-6-4-10-15(17)16-11-5-7-13-18(16)20-14-8-2-1-3-9-14/h1-13H. The molecule has 0 unspecified atom stereocenters. The molecule has 0 aliphatic heterocycles. The second kappa shape index (κ2) is 6.46. The molecule has 3 aromatic carbocycles. The van der Waals surface area contributed by atoms with Gasteiger partial charge in [-0.05, 0) is 58.0 Å². The van der Waals surface area contributed by atoms with Gasteiger partial charge >= 0.3 is 0 Å². The van der Waals surface area contributed by atoms with Crippen LogP contribution in [0.2, 0.25) is 0 Å². The molecule has 3 aromatic rings. The molecule has 0 saturated carbocycles. The van der Waals surface area contributed by atoms with Crippen molar-refractivity contribution >= 4 is 34.4 Å². The molecule has 0 amide bonds. The predicted molar refractivity (Wildman–Crippen MR) is 95.2 cm³/mol. The summed E-state index contributed by atoms with van der Waals surface area (Å²) < 4.78 is 1.28. The van der Waals surface area contributed by atoms with Gasteiger partial charge < -0.3 is 0 Å². The van der Waals surface area contributed by atoms with Crippen LogP contribution in [0, 0.1) is 3.57 Å². The highest BCUT2D eigenvalue weighted by molar-refractivity contribution is 14.1. The summed E-state index contributed by atoms with van der Waals surface area (Å²) in [6.45, 7) is 0. The van der Waals surface area contributed by atoms with E-state index in [1.165, 1.54) is 24.5 Å². The van der Waals surface area contributed by atoms with E-state index in [0.717, 1.165) is 0 Å². The Balaban J connectivity index is 2.03. The third kappa shape index (κ3) is 3.07. The first kappa shape index (κ1) is 13.7. The second-order valence-corrected chi connectivity index (χ2v) is 6.67. The van der Waals surface area contributed by atoms with Gasteiger partial charge in [0.25, 0.3) is 0 Å². The molecule has 98 valence electrons. The maximum absolute atomic E-state index is 2.40. The molecule has 0 nitrogen and oxygen atoms in total. The van der Waals surface area contributed by atoms with E-state index in [0.29, 0.717) is 0 Å². The molecule has 0 spiro atoms. The molecule has 20 heavy (non-hydrogen) atoms. The Kier molecular flexibility index (Phi) is 4.43. The van der Waals surface area contributed by atoms with E-state index >= 15 is 0 Å². The Morgan fingerprint density at radius 2 is 1.20 bits per heavy atom. The van der Waals surface area contributed by atoms with Crippen LogP contribution in [0.15, 0.2) is 88.7 Å². The smallest absolute Gasteiger partial charge is 0.0209 e. The fourth-order valence-electron chi connectivity index (χ4n) is 2.07. The SMILES string of the molecule is Ic1ccccc1-c1ccccc1Sc1ccccc1. The average Bonchev–Trinajstić information content (AvgIpc) is 2.50. The third-order valence-corrected chi connectivity index (χ3v) is 5.05. The van der Waals surface area contributed by atoms with Gasteiger partial charge in [0.1, 0.15) is 0 Å². The van der Waals surface area contributed by atoms with E-state index in [1.54, 1.807) is 0 Å². The number of halogens is 1. The van der Waals surface area contributed by atoms with Crippen molar-refractivity contribution in [1.29, 1.82) is 0 Å². The largest absolute Gasteiger partial charge is 0.0895 e. The lowest BCUT2D eigenvalue weighted by Gasteiger charge is -2.11. The molecule has 0 aliphatic carbocycles. The highest BCUT2D eigenvalue weighted by Gasteiger charge is 2.08. The van der Waals surface area contributed by atoms with Crippen molar-refractivity contribution in [2.24, 2.45) is 0 Å². The molecule has 0 atom stereocenters. The van der Waals surface area contributed by atoms with Crippen LogP contribution in [0.5, 0.6) is 0 Å². The van der Waals surface area contributed by atoms with Crippen LogP contribution in [0.1, 0.15) is 0 Å². The van der Waals surface area contributed by atoms with E-state index in [1.807, 2.05) is 11.8 Å². The van der Waals surface area contributed by atoms with Gasteiger partial charge in [-0.25, -0.2) is 0 Å². The molecule has 0 aliphatic rings. The zero-order valence-electron chi connectivity index (χ0n) is 10.8. The fourth-order valence-corrected chi connectivity index (χ4v) is 3.73. The molecule has 0 N–H and O–H groups in total. The predicted octanol–water partition coefficient (Wildman–Crippen LogP) is 6.11. The minimum absolute atomic E-state index is 1.27. The van der Waals surface area contributed by atoms with Crippen molar-refractivity contribution in [1.82, 2.24) is 0 Å². The quantitative estimate of drug-likeness (QED) is 0.488. The highest BCUT2D eigenvalue weighted by atomic mass is 127. The molecule has 2 heteroatoms. The summed E-state index contributed by atoms with van der Waals surface area (Å²) in [7, 11) is 0. The van der Waals surface area contributed by atoms with E-state index in [2.05, 4.69) is 101 Å². The monoisotopic (exact) mass is 388 g/mol. The molecule has 0 saturated heterocycles. The number of rotatable bonds is 3. The van der Waals surface area contributed by atoms with Crippen molar-refractivity contribution in [2.75, 3.05) is 0 Å².